The van der Waals surface area contributed by atoms with E-state index in [2.05, 4.69) is 18.8 Å². The molecular weight excluding hydrogens is 278 g/mol. The summed E-state index contributed by atoms with van der Waals surface area (Å²) in [5, 5.41) is 10.9. The minimum Gasteiger partial charge on any atom is -0.291 e. The smallest absolute Gasteiger partial charge is 0.291 e. The molecule has 0 amide bonds. The van der Waals surface area contributed by atoms with Gasteiger partial charge in [0.1, 0.15) is 0 Å². The van der Waals surface area contributed by atoms with Gasteiger partial charge in [-0.1, -0.05) is 51.4 Å². The van der Waals surface area contributed by atoms with Gasteiger partial charge in [0.25, 0.3) is 0 Å². The number of hydrogen-bond donors (Lipinski definition) is 0. The summed E-state index contributed by atoms with van der Waals surface area (Å²) >= 11 is 0. The average molecular weight is 306 g/mol. The van der Waals surface area contributed by atoms with Crippen molar-refractivity contribution >= 4 is 6.29 Å². The summed E-state index contributed by atoms with van der Waals surface area (Å²) in [5.41, 5.74) is 0.0398. The van der Waals surface area contributed by atoms with Crippen molar-refractivity contribution in [2.75, 3.05) is 0 Å². The fourth-order valence-corrected chi connectivity index (χ4v) is 2.08. The summed E-state index contributed by atoms with van der Waals surface area (Å²) in [6.45, 7) is 2.14. The van der Waals surface area contributed by atoms with Crippen LogP contribution in [-0.4, -0.2) is 11.2 Å². The van der Waals surface area contributed by atoms with E-state index >= 15 is 0 Å². The van der Waals surface area contributed by atoms with Crippen molar-refractivity contribution in [2.24, 2.45) is 0 Å². The Morgan fingerprint density at radius 2 is 1.64 bits per heavy atom. The number of rotatable bonds is 13. The van der Waals surface area contributed by atoms with E-state index in [9.17, 15) is 14.9 Å². The zero-order chi connectivity index (χ0) is 16.5. The Labute approximate surface area is 134 Å². The summed E-state index contributed by atoms with van der Waals surface area (Å²) in [6.07, 6.45) is 15.0. The summed E-state index contributed by atoms with van der Waals surface area (Å²) in [6, 6.07) is 0. The molecule has 4 nitrogen and oxygen atoms in total. The van der Waals surface area contributed by atoms with E-state index in [4.69, 9.17) is 0 Å². The van der Waals surface area contributed by atoms with Gasteiger partial charge in [0.15, 0.2) is 6.29 Å². The Hall–Kier alpha value is -1.63. The summed E-state index contributed by atoms with van der Waals surface area (Å²) in [5.74, 6) is 5.58. The second kappa shape index (κ2) is 15.8. The molecule has 0 aliphatic heterocycles. The van der Waals surface area contributed by atoms with Crippen LogP contribution in [-0.2, 0) is 4.79 Å². The monoisotopic (exact) mass is 306 g/mol. The topological polar surface area (TPSA) is 60.2 Å². The highest BCUT2D eigenvalue weighted by Gasteiger charge is 2.04. The molecule has 22 heavy (non-hydrogen) atoms. The lowest BCUT2D eigenvalue weighted by Crippen LogP contribution is -1.96. The second-order valence-electron chi connectivity index (χ2n) is 5.41. The van der Waals surface area contributed by atoms with E-state index in [1.807, 2.05) is 6.29 Å². The zero-order valence-electron chi connectivity index (χ0n) is 13.7. The van der Waals surface area contributed by atoms with Gasteiger partial charge in [0.2, 0.25) is 0 Å². The van der Waals surface area contributed by atoms with Crippen LogP contribution in [0.1, 0.15) is 84.0 Å². The van der Waals surface area contributed by atoms with Crippen molar-refractivity contribution in [3.05, 3.63) is 21.9 Å². The van der Waals surface area contributed by atoms with Crippen LogP contribution >= 0.6 is 0 Å². The maximum absolute atomic E-state index is 10.9. The van der Waals surface area contributed by atoms with Gasteiger partial charge in [-0.05, 0) is 25.7 Å². The fraction of sp³-hybridized carbons (Fsp3) is 0.722. The van der Waals surface area contributed by atoms with E-state index in [1.165, 1.54) is 12.8 Å². The molecule has 0 aliphatic rings. The van der Waals surface area contributed by atoms with Crippen molar-refractivity contribution in [3.8, 4) is 11.8 Å². The molecule has 0 saturated heterocycles. The van der Waals surface area contributed by atoms with Crippen LogP contribution in [0.15, 0.2) is 11.8 Å². The number of carbonyl (C=O) groups excluding carboxylic acids is 1. The molecule has 123 valence electrons. The zero-order valence-corrected chi connectivity index (χ0v) is 13.7. The predicted molar refractivity (Wildman–Crippen MR) is 89.6 cm³/mol. The molecular formula is C18H28NO3. The number of hydrogen-bond acceptors (Lipinski definition) is 3. The van der Waals surface area contributed by atoms with Gasteiger partial charge in [-0.2, -0.15) is 0 Å². The van der Waals surface area contributed by atoms with E-state index in [-0.39, 0.29) is 10.6 Å². The Balaban J connectivity index is 3.86. The van der Waals surface area contributed by atoms with Crippen molar-refractivity contribution in [2.45, 2.75) is 84.0 Å². The molecule has 0 rings (SSSR count). The first-order valence-corrected chi connectivity index (χ1v) is 8.40. The molecule has 0 fully saturated rings. The second-order valence-corrected chi connectivity index (χ2v) is 5.41. The molecule has 0 unspecified atom stereocenters. The molecule has 0 aromatic heterocycles. The molecule has 0 aromatic carbocycles. The van der Waals surface area contributed by atoms with Crippen LogP contribution in [0.5, 0.6) is 0 Å². The third-order valence-electron chi connectivity index (χ3n) is 3.39. The first kappa shape index (κ1) is 20.4. The first-order chi connectivity index (χ1) is 10.7. The Kier molecular flexibility index (Phi) is 14.6. The summed E-state index contributed by atoms with van der Waals surface area (Å²) in [7, 11) is 0. The molecule has 0 heterocycles. The molecule has 0 bridgehead atoms. The van der Waals surface area contributed by atoms with E-state index in [0.29, 0.717) is 12.8 Å². The number of nitrogens with zero attached hydrogens (tertiary/aromatic N) is 1. The summed E-state index contributed by atoms with van der Waals surface area (Å²) < 4.78 is 0. The Bertz CT molecular complexity index is 391. The lowest BCUT2D eigenvalue weighted by atomic mass is 10.1. The van der Waals surface area contributed by atoms with Gasteiger partial charge in [0, 0.05) is 24.8 Å². The third kappa shape index (κ3) is 13.4. The van der Waals surface area contributed by atoms with Crippen molar-refractivity contribution in [1.82, 2.24) is 0 Å². The van der Waals surface area contributed by atoms with Crippen LogP contribution in [0, 0.1) is 22.0 Å². The van der Waals surface area contributed by atoms with Gasteiger partial charge in [-0.3, -0.25) is 14.9 Å². The predicted octanol–water partition coefficient (Wildman–Crippen LogP) is 4.96. The minimum atomic E-state index is -0.386. The average Bonchev–Trinajstić information content (AvgIpc) is 2.50. The molecule has 4 heteroatoms. The van der Waals surface area contributed by atoms with Crippen LogP contribution in [0.2, 0.25) is 0 Å². The van der Waals surface area contributed by atoms with Gasteiger partial charge in [-0.15, -0.1) is 0 Å². The van der Waals surface area contributed by atoms with Gasteiger partial charge >= 0.3 is 5.70 Å². The van der Waals surface area contributed by atoms with Crippen molar-refractivity contribution in [3.63, 3.8) is 0 Å². The first-order valence-electron chi connectivity index (χ1n) is 8.40. The van der Waals surface area contributed by atoms with Gasteiger partial charge in [-0.25, -0.2) is 0 Å². The highest BCUT2D eigenvalue weighted by atomic mass is 16.6. The molecule has 0 atom stereocenters. The maximum atomic E-state index is 10.9. The van der Waals surface area contributed by atoms with E-state index in [1.54, 1.807) is 6.08 Å². The summed E-state index contributed by atoms with van der Waals surface area (Å²) in [4.78, 5) is 20.5. The van der Waals surface area contributed by atoms with E-state index in [0.717, 1.165) is 51.4 Å². The minimum absolute atomic E-state index is 0.0398. The lowest BCUT2D eigenvalue weighted by molar-refractivity contribution is -0.417. The van der Waals surface area contributed by atoms with Crippen molar-refractivity contribution < 1.29 is 9.72 Å². The standard InChI is InChI=1S/C18H28NO3/c1-2-3-4-9-12-15-18(19(21)22)16-13-10-7-5-6-8-11-14-17-20/h15H,2-12,14H2,1H3/b18-15-. The molecule has 1 radical (unpaired) electrons. The van der Waals surface area contributed by atoms with Crippen molar-refractivity contribution in [1.29, 1.82) is 0 Å². The highest BCUT2D eigenvalue weighted by Crippen LogP contribution is 2.07. The SMILES string of the molecule is CCCCCC/C=C(/C#CCCCCCCC[C]=O)[N+](=O)[O-]. The number of allylic oxidation sites excluding steroid dienone is 2. The molecule has 0 N–H and O–H groups in total. The van der Waals surface area contributed by atoms with Crippen LogP contribution < -0.4 is 0 Å². The molecule has 0 aliphatic carbocycles. The Morgan fingerprint density at radius 3 is 2.27 bits per heavy atom. The molecule has 0 spiro atoms. The lowest BCUT2D eigenvalue weighted by Gasteiger charge is -1.96. The van der Waals surface area contributed by atoms with Crippen LogP contribution in [0.3, 0.4) is 0 Å². The third-order valence-corrected chi connectivity index (χ3v) is 3.39. The fourth-order valence-electron chi connectivity index (χ4n) is 2.08. The molecule has 0 saturated carbocycles. The van der Waals surface area contributed by atoms with Crippen LogP contribution in [0.4, 0.5) is 0 Å². The molecule has 0 aromatic rings. The van der Waals surface area contributed by atoms with Crippen LogP contribution in [0.25, 0.3) is 0 Å². The van der Waals surface area contributed by atoms with Gasteiger partial charge in [0.05, 0.1) is 4.92 Å². The Morgan fingerprint density at radius 1 is 1.00 bits per heavy atom. The van der Waals surface area contributed by atoms with Gasteiger partial charge < -0.3 is 0 Å². The highest BCUT2D eigenvalue weighted by molar-refractivity contribution is 5.50. The largest absolute Gasteiger partial charge is 0.315 e. The number of unbranched alkanes of at least 4 members (excludes halogenated alkanes) is 10. The quantitative estimate of drug-likeness (QED) is 0.209. The van der Waals surface area contributed by atoms with E-state index < -0.39 is 0 Å². The number of nitro groups is 1. The normalized spacial score (nSPS) is 10.9. The maximum Gasteiger partial charge on any atom is 0.315 e.